The number of morpholine rings is 1. The summed E-state index contributed by atoms with van der Waals surface area (Å²) in [5.41, 5.74) is 0. The minimum atomic E-state index is -3.27. The highest BCUT2D eigenvalue weighted by atomic mass is 32.2. The maximum Gasteiger partial charge on any atom is 0.279 e. The Hall–Kier alpha value is -0.170. The Balaban J connectivity index is 2.72. The van der Waals surface area contributed by atoms with E-state index in [9.17, 15) is 8.42 Å². The molecular formula is C6H14N2O3S. The highest BCUT2D eigenvalue weighted by Crippen LogP contribution is 2.09. The molecule has 1 fully saturated rings. The second-order valence-corrected chi connectivity index (χ2v) is 4.57. The standard InChI is InChI=1S/C6H14N2O3S/c1-6-5-11-4-3-8(6)12(9,10)7-2/h6-7H,3-5H2,1-2H3/t6-/m1/s1. The van der Waals surface area contributed by atoms with Crippen molar-refractivity contribution in [2.24, 2.45) is 0 Å². The Kier molecular flexibility index (Phi) is 3.05. The maximum atomic E-state index is 11.3. The number of hydrogen-bond donors (Lipinski definition) is 1. The summed E-state index contributed by atoms with van der Waals surface area (Å²) < 4.78 is 31.5. The van der Waals surface area contributed by atoms with Crippen molar-refractivity contribution in [2.45, 2.75) is 13.0 Å². The van der Waals surface area contributed by atoms with E-state index in [1.165, 1.54) is 11.4 Å². The molecule has 0 unspecified atom stereocenters. The Labute approximate surface area is 72.9 Å². The van der Waals surface area contributed by atoms with Crippen LogP contribution in [0.4, 0.5) is 0 Å². The van der Waals surface area contributed by atoms with Crippen LogP contribution in [-0.2, 0) is 14.9 Å². The fourth-order valence-corrected chi connectivity index (χ4v) is 2.27. The van der Waals surface area contributed by atoms with Crippen molar-refractivity contribution in [1.82, 2.24) is 9.03 Å². The molecule has 0 bridgehead atoms. The quantitative estimate of drug-likeness (QED) is 0.624. The predicted molar refractivity (Wildman–Crippen MR) is 45.0 cm³/mol. The summed E-state index contributed by atoms with van der Waals surface area (Å²) in [7, 11) is -1.85. The largest absolute Gasteiger partial charge is 0.378 e. The molecule has 1 rings (SSSR count). The molecule has 1 saturated heterocycles. The van der Waals surface area contributed by atoms with Gasteiger partial charge in [0.25, 0.3) is 10.2 Å². The maximum absolute atomic E-state index is 11.3. The van der Waals surface area contributed by atoms with Gasteiger partial charge in [0.1, 0.15) is 0 Å². The van der Waals surface area contributed by atoms with Gasteiger partial charge in [0.15, 0.2) is 0 Å². The molecule has 0 aromatic rings. The zero-order valence-corrected chi connectivity index (χ0v) is 8.10. The minimum Gasteiger partial charge on any atom is -0.378 e. The Bertz CT molecular complexity index is 239. The molecule has 0 aliphatic carbocycles. The van der Waals surface area contributed by atoms with Crippen LogP contribution in [0, 0.1) is 0 Å². The summed E-state index contributed by atoms with van der Waals surface area (Å²) in [5.74, 6) is 0. The molecule has 1 atom stereocenters. The molecule has 0 amide bonds. The number of rotatable bonds is 2. The summed E-state index contributed by atoms with van der Waals surface area (Å²) >= 11 is 0. The monoisotopic (exact) mass is 194 g/mol. The van der Waals surface area contributed by atoms with Gasteiger partial charge in [0, 0.05) is 19.6 Å². The lowest BCUT2D eigenvalue weighted by atomic mass is 10.3. The molecule has 0 spiro atoms. The van der Waals surface area contributed by atoms with Crippen molar-refractivity contribution in [3.05, 3.63) is 0 Å². The summed E-state index contributed by atoms with van der Waals surface area (Å²) in [6, 6.07) is -0.0730. The highest BCUT2D eigenvalue weighted by molar-refractivity contribution is 7.87. The van der Waals surface area contributed by atoms with Crippen molar-refractivity contribution >= 4 is 10.2 Å². The second-order valence-electron chi connectivity index (χ2n) is 2.74. The molecule has 72 valence electrons. The summed E-state index contributed by atoms with van der Waals surface area (Å²) in [4.78, 5) is 0. The van der Waals surface area contributed by atoms with E-state index in [4.69, 9.17) is 4.74 Å². The Morgan fingerprint density at radius 2 is 2.25 bits per heavy atom. The average molecular weight is 194 g/mol. The van der Waals surface area contributed by atoms with Crippen LogP contribution >= 0.6 is 0 Å². The molecule has 0 aromatic carbocycles. The van der Waals surface area contributed by atoms with Gasteiger partial charge in [-0.3, -0.25) is 0 Å². The van der Waals surface area contributed by atoms with Gasteiger partial charge in [0.05, 0.1) is 13.2 Å². The zero-order valence-electron chi connectivity index (χ0n) is 7.28. The molecule has 1 heterocycles. The topological polar surface area (TPSA) is 58.6 Å². The summed E-state index contributed by atoms with van der Waals surface area (Å²) in [5, 5.41) is 0. The van der Waals surface area contributed by atoms with Gasteiger partial charge in [0.2, 0.25) is 0 Å². The van der Waals surface area contributed by atoms with E-state index < -0.39 is 10.2 Å². The Morgan fingerprint density at radius 3 is 2.75 bits per heavy atom. The van der Waals surface area contributed by atoms with Crippen molar-refractivity contribution < 1.29 is 13.2 Å². The van der Waals surface area contributed by atoms with Crippen LogP contribution < -0.4 is 4.72 Å². The van der Waals surface area contributed by atoms with E-state index >= 15 is 0 Å². The van der Waals surface area contributed by atoms with Crippen LogP contribution in [0.5, 0.6) is 0 Å². The van der Waals surface area contributed by atoms with E-state index in [1.54, 1.807) is 0 Å². The molecule has 12 heavy (non-hydrogen) atoms. The number of hydrogen-bond acceptors (Lipinski definition) is 3. The van der Waals surface area contributed by atoms with Gasteiger partial charge in [-0.2, -0.15) is 12.7 Å². The van der Waals surface area contributed by atoms with Crippen LogP contribution in [0.2, 0.25) is 0 Å². The number of nitrogens with zero attached hydrogens (tertiary/aromatic N) is 1. The first-order chi connectivity index (χ1) is 5.58. The lowest BCUT2D eigenvalue weighted by Crippen LogP contribution is -2.50. The van der Waals surface area contributed by atoms with Crippen molar-refractivity contribution in [2.75, 3.05) is 26.8 Å². The Morgan fingerprint density at radius 1 is 1.58 bits per heavy atom. The van der Waals surface area contributed by atoms with Crippen LogP contribution in [0.3, 0.4) is 0 Å². The molecule has 1 aliphatic heterocycles. The number of ether oxygens (including phenoxy) is 1. The summed E-state index contributed by atoms with van der Waals surface area (Å²) in [6.07, 6.45) is 0. The fourth-order valence-electron chi connectivity index (χ4n) is 1.19. The minimum absolute atomic E-state index is 0.0730. The first-order valence-electron chi connectivity index (χ1n) is 3.86. The second kappa shape index (κ2) is 3.69. The zero-order chi connectivity index (χ0) is 9.19. The predicted octanol–water partition coefficient (Wildman–Crippen LogP) is -0.829. The van der Waals surface area contributed by atoms with Gasteiger partial charge < -0.3 is 4.74 Å². The van der Waals surface area contributed by atoms with Gasteiger partial charge >= 0.3 is 0 Å². The van der Waals surface area contributed by atoms with Gasteiger partial charge in [-0.25, -0.2) is 4.72 Å². The normalized spacial score (nSPS) is 27.3. The van der Waals surface area contributed by atoms with Crippen LogP contribution in [0.1, 0.15) is 6.92 Å². The van der Waals surface area contributed by atoms with Crippen LogP contribution in [-0.4, -0.2) is 45.6 Å². The SMILES string of the molecule is CNS(=O)(=O)N1CCOC[C@H]1C. The lowest BCUT2D eigenvalue weighted by molar-refractivity contribution is 0.0388. The van der Waals surface area contributed by atoms with E-state index in [0.29, 0.717) is 19.8 Å². The first kappa shape index (κ1) is 9.91. The molecule has 6 heteroatoms. The molecule has 0 radical (unpaired) electrons. The molecular weight excluding hydrogens is 180 g/mol. The molecule has 1 N–H and O–H groups in total. The molecule has 1 aliphatic rings. The van der Waals surface area contributed by atoms with Crippen molar-refractivity contribution in [3.8, 4) is 0 Å². The van der Waals surface area contributed by atoms with E-state index in [2.05, 4.69) is 4.72 Å². The third kappa shape index (κ3) is 1.95. The lowest BCUT2D eigenvalue weighted by Gasteiger charge is -2.31. The third-order valence-corrected chi connectivity index (χ3v) is 3.55. The van der Waals surface area contributed by atoms with Gasteiger partial charge in [-0.05, 0) is 6.92 Å². The van der Waals surface area contributed by atoms with Gasteiger partial charge in [-0.1, -0.05) is 0 Å². The smallest absolute Gasteiger partial charge is 0.279 e. The molecule has 5 nitrogen and oxygen atoms in total. The van der Waals surface area contributed by atoms with Crippen LogP contribution in [0.15, 0.2) is 0 Å². The highest BCUT2D eigenvalue weighted by Gasteiger charge is 2.28. The molecule has 0 saturated carbocycles. The average Bonchev–Trinajstić information content (AvgIpc) is 2.05. The van der Waals surface area contributed by atoms with Crippen molar-refractivity contribution in [1.29, 1.82) is 0 Å². The summed E-state index contributed by atoms with van der Waals surface area (Å²) in [6.45, 7) is 3.21. The van der Waals surface area contributed by atoms with E-state index in [1.807, 2.05) is 6.92 Å². The fraction of sp³-hybridized carbons (Fsp3) is 1.00. The van der Waals surface area contributed by atoms with Crippen LogP contribution in [0.25, 0.3) is 0 Å². The van der Waals surface area contributed by atoms with Gasteiger partial charge in [-0.15, -0.1) is 0 Å². The number of nitrogens with one attached hydrogen (secondary N) is 1. The van der Waals surface area contributed by atoms with E-state index in [-0.39, 0.29) is 6.04 Å². The molecule has 0 aromatic heterocycles. The van der Waals surface area contributed by atoms with Crippen molar-refractivity contribution in [3.63, 3.8) is 0 Å². The first-order valence-corrected chi connectivity index (χ1v) is 5.30. The third-order valence-electron chi connectivity index (χ3n) is 1.87. The van der Waals surface area contributed by atoms with E-state index in [0.717, 1.165) is 0 Å².